The summed E-state index contributed by atoms with van der Waals surface area (Å²) in [7, 11) is 0. The van der Waals surface area contributed by atoms with Crippen molar-refractivity contribution in [1.29, 1.82) is 0 Å². The van der Waals surface area contributed by atoms with E-state index >= 15 is 0 Å². The largest absolute Gasteiger partial charge is 0.376 e. The number of ether oxygens (including phenoxy) is 1. The van der Waals surface area contributed by atoms with Crippen molar-refractivity contribution in [1.82, 2.24) is 10.2 Å². The predicted octanol–water partition coefficient (Wildman–Crippen LogP) is 2.28. The van der Waals surface area contributed by atoms with Crippen LogP contribution in [0.3, 0.4) is 0 Å². The van der Waals surface area contributed by atoms with Gasteiger partial charge in [0.25, 0.3) is 0 Å². The first-order chi connectivity index (χ1) is 9.07. The lowest BCUT2D eigenvalue weighted by Crippen LogP contribution is -2.43. The maximum Gasteiger partial charge on any atom is 0.243 e. The molecule has 1 heterocycles. The molecule has 2 unspecified atom stereocenters. The molecular formula is C15H28N2O2. The molecule has 0 radical (unpaired) electrons. The molecule has 19 heavy (non-hydrogen) atoms. The first kappa shape index (κ1) is 14.8. The van der Waals surface area contributed by atoms with E-state index in [1.807, 2.05) is 11.8 Å². The normalized spacial score (nSPS) is 33.1. The van der Waals surface area contributed by atoms with Gasteiger partial charge in [0.15, 0.2) is 0 Å². The minimum Gasteiger partial charge on any atom is -0.376 e. The first-order valence-corrected chi connectivity index (χ1v) is 7.77. The van der Waals surface area contributed by atoms with Crippen LogP contribution in [-0.2, 0) is 9.53 Å². The number of carbonyl (C=O) groups is 1. The molecular weight excluding hydrogens is 240 g/mol. The van der Waals surface area contributed by atoms with Crippen molar-refractivity contribution in [3.05, 3.63) is 0 Å². The van der Waals surface area contributed by atoms with Crippen molar-refractivity contribution in [3.8, 4) is 0 Å². The third-order valence-electron chi connectivity index (χ3n) is 4.67. The van der Waals surface area contributed by atoms with Gasteiger partial charge < -0.3 is 9.64 Å². The molecule has 1 saturated heterocycles. The lowest BCUT2D eigenvalue weighted by molar-refractivity contribution is -0.133. The van der Waals surface area contributed by atoms with Gasteiger partial charge in [-0.05, 0) is 33.1 Å². The van der Waals surface area contributed by atoms with Crippen molar-refractivity contribution in [2.24, 2.45) is 0 Å². The summed E-state index contributed by atoms with van der Waals surface area (Å²) in [5.41, 5.74) is -0.385. The maximum absolute atomic E-state index is 12.4. The molecule has 110 valence electrons. The lowest BCUT2D eigenvalue weighted by atomic mass is 9.98. The standard InChI is InChI=1S/C15H28N2O2/c1-4-15(3)14(18)17(12(2)16-15)10-11-19-13-8-6-5-7-9-13/h12-13,16H,4-11H2,1-3H3. The topological polar surface area (TPSA) is 41.6 Å². The van der Waals surface area contributed by atoms with Crippen LogP contribution in [0.2, 0.25) is 0 Å². The summed E-state index contributed by atoms with van der Waals surface area (Å²) < 4.78 is 5.92. The van der Waals surface area contributed by atoms with Gasteiger partial charge in [-0.2, -0.15) is 0 Å². The van der Waals surface area contributed by atoms with E-state index in [1.165, 1.54) is 32.1 Å². The molecule has 0 spiro atoms. The number of nitrogens with zero attached hydrogens (tertiary/aromatic N) is 1. The van der Waals surface area contributed by atoms with Crippen molar-refractivity contribution in [3.63, 3.8) is 0 Å². The van der Waals surface area contributed by atoms with Crippen molar-refractivity contribution >= 4 is 5.91 Å². The van der Waals surface area contributed by atoms with Crippen LogP contribution in [0.4, 0.5) is 0 Å². The third kappa shape index (κ3) is 3.29. The Morgan fingerprint density at radius 3 is 2.63 bits per heavy atom. The summed E-state index contributed by atoms with van der Waals surface area (Å²) in [5.74, 6) is 0.217. The molecule has 1 saturated carbocycles. The Labute approximate surface area is 116 Å². The third-order valence-corrected chi connectivity index (χ3v) is 4.67. The van der Waals surface area contributed by atoms with Gasteiger partial charge in [-0.15, -0.1) is 0 Å². The second kappa shape index (κ2) is 6.23. The molecule has 4 nitrogen and oxygen atoms in total. The van der Waals surface area contributed by atoms with Gasteiger partial charge in [-0.3, -0.25) is 10.1 Å². The monoisotopic (exact) mass is 268 g/mol. The summed E-state index contributed by atoms with van der Waals surface area (Å²) in [6, 6.07) is 0. The molecule has 2 rings (SSSR count). The van der Waals surface area contributed by atoms with E-state index < -0.39 is 0 Å². The van der Waals surface area contributed by atoms with Gasteiger partial charge in [-0.1, -0.05) is 26.2 Å². The smallest absolute Gasteiger partial charge is 0.243 e. The quantitative estimate of drug-likeness (QED) is 0.831. The second-order valence-electron chi connectivity index (χ2n) is 6.14. The Balaban J connectivity index is 1.77. The fourth-order valence-electron chi connectivity index (χ4n) is 3.19. The molecule has 1 amide bonds. The van der Waals surface area contributed by atoms with Crippen LogP contribution in [0.5, 0.6) is 0 Å². The molecule has 1 aliphatic heterocycles. The number of nitrogens with one attached hydrogen (secondary N) is 1. The lowest BCUT2D eigenvalue weighted by Gasteiger charge is -2.25. The minimum atomic E-state index is -0.385. The molecule has 0 aromatic rings. The van der Waals surface area contributed by atoms with Gasteiger partial charge in [0.2, 0.25) is 5.91 Å². The van der Waals surface area contributed by atoms with Crippen LogP contribution in [0.1, 0.15) is 59.3 Å². The summed E-state index contributed by atoms with van der Waals surface area (Å²) >= 11 is 0. The molecule has 2 fully saturated rings. The minimum absolute atomic E-state index is 0.118. The van der Waals surface area contributed by atoms with Crippen LogP contribution in [0.15, 0.2) is 0 Å². The molecule has 4 heteroatoms. The molecule has 2 aliphatic rings. The Hall–Kier alpha value is -0.610. The van der Waals surface area contributed by atoms with Crippen LogP contribution in [0.25, 0.3) is 0 Å². The van der Waals surface area contributed by atoms with E-state index in [0.29, 0.717) is 19.3 Å². The van der Waals surface area contributed by atoms with Gasteiger partial charge in [0.05, 0.1) is 24.4 Å². The molecule has 1 N–H and O–H groups in total. The summed E-state index contributed by atoms with van der Waals surface area (Å²) in [5, 5.41) is 3.39. The van der Waals surface area contributed by atoms with Crippen LogP contribution >= 0.6 is 0 Å². The van der Waals surface area contributed by atoms with Crippen molar-refractivity contribution in [2.45, 2.75) is 77.1 Å². The van der Waals surface area contributed by atoms with Gasteiger partial charge >= 0.3 is 0 Å². The number of hydrogen-bond donors (Lipinski definition) is 1. The maximum atomic E-state index is 12.4. The van der Waals surface area contributed by atoms with Crippen LogP contribution in [-0.4, -0.2) is 41.8 Å². The zero-order chi connectivity index (χ0) is 13.9. The van der Waals surface area contributed by atoms with E-state index in [4.69, 9.17) is 4.74 Å². The Morgan fingerprint density at radius 1 is 1.37 bits per heavy atom. The highest BCUT2D eigenvalue weighted by Gasteiger charge is 2.44. The Morgan fingerprint density at radius 2 is 2.05 bits per heavy atom. The van der Waals surface area contributed by atoms with Crippen LogP contribution < -0.4 is 5.32 Å². The van der Waals surface area contributed by atoms with E-state index in [9.17, 15) is 4.79 Å². The zero-order valence-electron chi connectivity index (χ0n) is 12.6. The Bertz CT molecular complexity index is 315. The molecule has 0 bridgehead atoms. The average Bonchev–Trinajstić information content (AvgIpc) is 2.64. The van der Waals surface area contributed by atoms with E-state index in [0.717, 1.165) is 6.42 Å². The highest BCUT2D eigenvalue weighted by Crippen LogP contribution is 2.24. The number of rotatable bonds is 5. The molecule has 0 aromatic heterocycles. The number of carbonyl (C=O) groups excluding carboxylic acids is 1. The van der Waals surface area contributed by atoms with E-state index in [1.54, 1.807) is 0 Å². The average molecular weight is 268 g/mol. The fraction of sp³-hybridized carbons (Fsp3) is 0.933. The molecule has 1 aliphatic carbocycles. The number of hydrogen-bond acceptors (Lipinski definition) is 3. The van der Waals surface area contributed by atoms with Crippen molar-refractivity contribution < 1.29 is 9.53 Å². The van der Waals surface area contributed by atoms with Gasteiger partial charge in [0, 0.05) is 6.54 Å². The van der Waals surface area contributed by atoms with Gasteiger partial charge in [-0.25, -0.2) is 0 Å². The van der Waals surface area contributed by atoms with Crippen LogP contribution in [0, 0.1) is 0 Å². The SMILES string of the molecule is CCC1(C)NC(C)N(CCOC2CCCCC2)C1=O. The summed E-state index contributed by atoms with van der Waals surface area (Å²) in [6.07, 6.45) is 7.68. The predicted molar refractivity (Wildman–Crippen MR) is 75.8 cm³/mol. The molecule has 0 aromatic carbocycles. The Kier molecular flexibility index (Phi) is 4.85. The first-order valence-electron chi connectivity index (χ1n) is 7.77. The molecule has 2 atom stereocenters. The number of amides is 1. The zero-order valence-corrected chi connectivity index (χ0v) is 12.6. The fourth-order valence-corrected chi connectivity index (χ4v) is 3.19. The van der Waals surface area contributed by atoms with E-state index in [-0.39, 0.29) is 17.6 Å². The summed E-state index contributed by atoms with van der Waals surface area (Å²) in [4.78, 5) is 14.3. The highest BCUT2D eigenvalue weighted by molar-refractivity contribution is 5.88. The van der Waals surface area contributed by atoms with E-state index in [2.05, 4.69) is 19.2 Å². The summed E-state index contributed by atoms with van der Waals surface area (Å²) in [6.45, 7) is 7.48. The highest BCUT2D eigenvalue weighted by atomic mass is 16.5. The van der Waals surface area contributed by atoms with Crippen molar-refractivity contribution in [2.75, 3.05) is 13.2 Å². The van der Waals surface area contributed by atoms with Gasteiger partial charge in [0.1, 0.15) is 0 Å². The second-order valence-corrected chi connectivity index (χ2v) is 6.14.